The number of carboxylic acid groups (broad SMARTS) is 1. The number of aliphatic carboxylic acids is 1. The van der Waals surface area contributed by atoms with Crippen LogP contribution in [-0.2, 0) is 4.79 Å². The number of anilines is 1. The van der Waals surface area contributed by atoms with E-state index in [1.807, 2.05) is 6.92 Å². The van der Waals surface area contributed by atoms with Crippen molar-refractivity contribution in [2.75, 3.05) is 18.0 Å². The van der Waals surface area contributed by atoms with E-state index >= 15 is 0 Å². The Morgan fingerprint density at radius 3 is 2.75 bits per heavy atom. The van der Waals surface area contributed by atoms with Gasteiger partial charge in [0.25, 0.3) is 5.69 Å². The zero-order chi connectivity index (χ0) is 14.9. The van der Waals surface area contributed by atoms with Gasteiger partial charge >= 0.3 is 5.97 Å². The number of hydrogen-bond acceptors (Lipinski definition) is 5. The molecule has 1 aliphatic heterocycles. The summed E-state index contributed by atoms with van der Waals surface area (Å²) in [5.74, 6) is -1.37. The number of nitriles is 1. The lowest BCUT2D eigenvalue weighted by Gasteiger charge is -2.18. The van der Waals surface area contributed by atoms with E-state index in [0.717, 1.165) is 0 Å². The number of carbonyl (C=O) groups is 1. The van der Waals surface area contributed by atoms with E-state index in [0.29, 0.717) is 18.8 Å². The van der Waals surface area contributed by atoms with Gasteiger partial charge in [-0.2, -0.15) is 5.26 Å². The fourth-order valence-electron chi connectivity index (χ4n) is 2.46. The molecule has 0 radical (unpaired) electrons. The first-order chi connectivity index (χ1) is 9.43. The van der Waals surface area contributed by atoms with Crippen molar-refractivity contribution in [2.24, 2.45) is 11.8 Å². The highest BCUT2D eigenvalue weighted by Crippen LogP contribution is 2.31. The molecule has 1 heterocycles. The fraction of sp³-hybridized carbons (Fsp3) is 0.385. The van der Waals surface area contributed by atoms with Gasteiger partial charge in [0.2, 0.25) is 0 Å². The van der Waals surface area contributed by atoms with Gasteiger partial charge in [-0.1, -0.05) is 6.92 Å². The standard InChI is InChI=1S/C13H13N3O4/c1-8-6-15(7-11(8)13(17)18)10-3-2-9(5-14)12(4-10)16(19)20/h2-4,8,11H,6-7H2,1H3,(H,17,18)/t8-,11-/m1/s1. The number of nitro benzene ring substituents is 1. The van der Waals surface area contributed by atoms with Gasteiger partial charge in [0.1, 0.15) is 11.6 Å². The van der Waals surface area contributed by atoms with Crippen LogP contribution in [0.15, 0.2) is 18.2 Å². The third-order valence-corrected chi connectivity index (χ3v) is 3.59. The molecular formula is C13H13N3O4. The molecule has 2 rings (SSSR count). The molecule has 0 spiro atoms. The van der Waals surface area contributed by atoms with Crippen molar-refractivity contribution in [3.8, 4) is 6.07 Å². The van der Waals surface area contributed by atoms with Crippen molar-refractivity contribution in [2.45, 2.75) is 6.92 Å². The molecule has 0 aromatic heterocycles. The van der Waals surface area contributed by atoms with Crippen LogP contribution < -0.4 is 4.90 Å². The molecule has 1 aromatic carbocycles. The van der Waals surface area contributed by atoms with Crippen molar-refractivity contribution >= 4 is 17.3 Å². The van der Waals surface area contributed by atoms with Gasteiger partial charge in [-0.15, -0.1) is 0 Å². The van der Waals surface area contributed by atoms with Crippen molar-refractivity contribution in [1.82, 2.24) is 0 Å². The Labute approximate surface area is 115 Å². The average Bonchev–Trinajstić information content (AvgIpc) is 2.80. The van der Waals surface area contributed by atoms with Crippen LogP contribution >= 0.6 is 0 Å². The summed E-state index contributed by atoms with van der Waals surface area (Å²) >= 11 is 0. The van der Waals surface area contributed by atoms with Gasteiger partial charge in [-0.3, -0.25) is 14.9 Å². The Morgan fingerprint density at radius 2 is 2.25 bits per heavy atom. The summed E-state index contributed by atoms with van der Waals surface area (Å²) in [4.78, 5) is 23.2. The van der Waals surface area contributed by atoms with Gasteiger partial charge in [0, 0.05) is 24.8 Å². The monoisotopic (exact) mass is 275 g/mol. The first-order valence-corrected chi connectivity index (χ1v) is 6.10. The average molecular weight is 275 g/mol. The number of nitrogens with zero attached hydrogens (tertiary/aromatic N) is 3. The summed E-state index contributed by atoms with van der Waals surface area (Å²) in [7, 11) is 0. The predicted octanol–water partition coefficient (Wildman–Crippen LogP) is 1.62. The third kappa shape index (κ3) is 2.40. The van der Waals surface area contributed by atoms with Crippen LogP contribution in [0.4, 0.5) is 11.4 Å². The molecule has 0 aliphatic carbocycles. The lowest BCUT2D eigenvalue weighted by Crippen LogP contribution is -2.23. The lowest BCUT2D eigenvalue weighted by atomic mass is 9.99. The molecule has 7 heteroatoms. The van der Waals surface area contributed by atoms with Crippen LogP contribution in [0.5, 0.6) is 0 Å². The van der Waals surface area contributed by atoms with Crippen LogP contribution in [-0.4, -0.2) is 29.1 Å². The lowest BCUT2D eigenvalue weighted by molar-refractivity contribution is -0.385. The quantitative estimate of drug-likeness (QED) is 0.663. The normalized spacial score (nSPS) is 21.5. The summed E-state index contributed by atoms with van der Waals surface area (Å²) in [6.07, 6.45) is 0. The summed E-state index contributed by atoms with van der Waals surface area (Å²) in [6, 6.07) is 6.11. The zero-order valence-electron chi connectivity index (χ0n) is 10.8. The highest BCUT2D eigenvalue weighted by Gasteiger charge is 2.35. The summed E-state index contributed by atoms with van der Waals surface area (Å²) < 4.78 is 0. The maximum Gasteiger partial charge on any atom is 0.308 e. The Hall–Kier alpha value is -2.62. The van der Waals surface area contributed by atoms with Crippen LogP contribution in [0.2, 0.25) is 0 Å². The molecule has 2 atom stereocenters. The van der Waals surface area contributed by atoms with Crippen molar-refractivity contribution in [3.63, 3.8) is 0 Å². The highest BCUT2D eigenvalue weighted by molar-refractivity contribution is 5.73. The molecule has 1 N–H and O–H groups in total. The van der Waals surface area contributed by atoms with Crippen LogP contribution in [0, 0.1) is 33.3 Å². The molecule has 20 heavy (non-hydrogen) atoms. The Morgan fingerprint density at radius 1 is 1.55 bits per heavy atom. The summed E-state index contributed by atoms with van der Waals surface area (Å²) in [6.45, 7) is 2.69. The van der Waals surface area contributed by atoms with E-state index in [4.69, 9.17) is 10.4 Å². The SMILES string of the molecule is C[C@@H]1CN(c2ccc(C#N)c([N+](=O)[O-])c2)C[C@H]1C(=O)O. The zero-order valence-corrected chi connectivity index (χ0v) is 10.8. The summed E-state index contributed by atoms with van der Waals surface area (Å²) in [5.41, 5.74) is 0.323. The Balaban J connectivity index is 2.31. The minimum absolute atomic E-state index is 0.000722. The molecule has 0 unspecified atom stereocenters. The van der Waals surface area contributed by atoms with Gasteiger partial charge in [-0.05, 0) is 18.1 Å². The van der Waals surface area contributed by atoms with Gasteiger partial charge in [-0.25, -0.2) is 0 Å². The maximum absolute atomic E-state index is 11.1. The van der Waals surface area contributed by atoms with E-state index in [1.165, 1.54) is 12.1 Å². The highest BCUT2D eigenvalue weighted by atomic mass is 16.6. The van der Waals surface area contributed by atoms with E-state index in [2.05, 4.69) is 0 Å². The van der Waals surface area contributed by atoms with Crippen LogP contribution in [0.25, 0.3) is 0 Å². The first kappa shape index (κ1) is 13.8. The fourth-order valence-corrected chi connectivity index (χ4v) is 2.46. The molecule has 0 bridgehead atoms. The molecule has 0 saturated carbocycles. The van der Waals surface area contributed by atoms with Gasteiger partial charge in [0.05, 0.1) is 10.8 Å². The maximum atomic E-state index is 11.1. The molecule has 1 aliphatic rings. The van der Waals surface area contributed by atoms with E-state index in [-0.39, 0.29) is 17.2 Å². The largest absolute Gasteiger partial charge is 0.481 e. The molecular weight excluding hydrogens is 262 g/mol. The summed E-state index contributed by atoms with van der Waals surface area (Å²) in [5, 5.41) is 28.9. The van der Waals surface area contributed by atoms with Gasteiger partial charge < -0.3 is 10.0 Å². The minimum Gasteiger partial charge on any atom is -0.481 e. The van der Waals surface area contributed by atoms with E-state index in [1.54, 1.807) is 17.0 Å². The molecule has 0 amide bonds. The molecule has 1 fully saturated rings. The second kappa shape index (κ2) is 5.17. The van der Waals surface area contributed by atoms with Crippen LogP contribution in [0.1, 0.15) is 12.5 Å². The minimum atomic E-state index is -0.858. The third-order valence-electron chi connectivity index (χ3n) is 3.59. The predicted molar refractivity (Wildman–Crippen MR) is 70.3 cm³/mol. The van der Waals surface area contributed by atoms with Gasteiger partial charge in [0.15, 0.2) is 0 Å². The second-order valence-corrected chi connectivity index (χ2v) is 4.90. The number of nitro groups is 1. The second-order valence-electron chi connectivity index (χ2n) is 4.90. The molecule has 104 valence electrons. The van der Waals surface area contributed by atoms with Crippen molar-refractivity contribution in [1.29, 1.82) is 5.26 Å². The molecule has 7 nitrogen and oxygen atoms in total. The Bertz CT molecular complexity index is 608. The topological polar surface area (TPSA) is 107 Å². The van der Waals surface area contributed by atoms with Crippen molar-refractivity contribution < 1.29 is 14.8 Å². The molecule has 1 aromatic rings. The Kier molecular flexibility index (Phi) is 3.57. The number of rotatable bonds is 3. The van der Waals surface area contributed by atoms with E-state index < -0.39 is 16.8 Å². The first-order valence-electron chi connectivity index (χ1n) is 6.10. The molecule has 1 saturated heterocycles. The number of hydrogen-bond donors (Lipinski definition) is 1. The number of benzene rings is 1. The van der Waals surface area contributed by atoms with Crippen molar-refractivity contribution in [3.05, 3.63) is 33.9 Å². The number of carboxylic acids is 1. The smallest absolute Gasteiger partial charge is 0.308 e. The van der Waals surface area contributed by atoms with E-state index in [9.17, 15) is 14.9 Å². The van der Waals surface area contributed by atoms with Crippen LogP contribution in [0.3, 0.4) is 0 Å².